The Labute approximate surface area is 90.1 Å². The first kappa shape index (κ1) is 11.3. The van der Waals surface area contributed by atoms with Crippen LogP contribution < -0.4 is 0 Å². The highest BCUT2D eigenvalue weighted by Crippen LogP contribution is 2.23. The molecular weight excluding hydrogens is 196 g/mol. The molecule has 1 aromatic carbocycles. The van der Waals surface area contributed by atoms with Crippen LogP contribution in [0.2, 0.25) is 5.02 Å². The van der Waals surface area contributed by atoms with E-state index >= 15 is 0 Å². The second-order valence-corrected chi connectivity index (χ2v) is 3.93. The van der Waals surface area contributed by atoms with E-state index in [0.717, 1.165) is 17.9 Å². The zero-order chi connectivity index (χ0) is 10.4. The van der Waals surface area contributed by atoms with Crippen LogP contribution in [0.25, 0.3) is 0 Å². The van der Waals surface area contributed by atoms with E-state index in [9.17, 15) is 4.79 Å². The molecule has 0 bridgehead atoms. The van der Waals surface area contributed by atoms with Crippen LogP contribution >= 0.6 is 11.6 Å². The van der Waals surface area contributed by atoms with Gasteiger partial charge in [-0.25, -0.2) is 0 Å². The third kappa shape index (κ3) is 3.51. The normalized spacial score (nSPS) is 12.4. The molecule has 0 heterocycles. The lowest BCUT2D eigenvalue weighted by Gasteiger charge is -2.10. The number of carbonyl (C=O) groups excluding carboxylic acids is 1. The zero-order valence-electron chi connectivity index (χ0n) is 8.29. The minimum Gasteiger partial charge on any atom is -0.291 e. The summed E-state index contributed by atoms with van der Waals surface area (Å²) in [5, 5.41) is 0.774. The summed E-state index contributed by atoms with van der Waals surface area (Å²) in [6.07, 6.45) is 4.35. The Morgan fingerprint density at radius 3 is 2.93 bits per heavy atom. The van der Waals surface area contributed by atoms with Gasteiger partial charge in [0.05, 0.1) is 0 Å². The lowest BCUT2D eigenvalue weighted by atomic mass is 9.96. The summed E-state index contributed by atoms with van der Waals surface area (Å²) < 4.78 is 0. The first-order valence-corrected chi connectivity index (χ1v) is 5.22. The van der Waals surface area contributed by atoms with Crippen LogP contribution in [0.3, 0.4) is 0 Å². The SMILES string of the molecule is CC(CCC[C]=O)c1cccc(Cl)c1. The van der Waals surface area contributed by atoms with Gasteiger partial charge in [-0.1, -0.05) is 30.7 Å². The third-order valence-corrected chi connectivity index (χ3v) is 2.57. The second-order valence-electron chi connectivity index (χ2n) is 3.49. The van der Waals surface area contributed by atoms with Gasteiger partial charge in [0.2, 0.25) is 0 Å². The number of benzene rings is 1. The molecule has 0 saturated carbocycles. The van der Waals surface area contributed by atoms with Gasteiger partial charge in [0.1, 0.15) is 0 Å². The molecule has 0 N–H and O–H groups in total. The predicted octanol–water partition coefficient (Wildman–Crippen LogP) is 3.72. The van der Waals surface area contributed by atoms with Gasteiger partial charge in [0.15, 0.2) is 6.29 Å². The van der Waals surface area contributed by atoms with Gasteiger partial charge < -0.3 is 0 Å². The summed E-state index contributed by atoms with van der Waals surface area (Å²) in [5.74, 6) is 0.460. The lowest BCUT2D eigenvalue weighted by molar-refractivity contribution is 0.542. The van der Waals surface area contributed by atoms with Gasteiger partial charge in [-0.3, -0.25) is 4.79 Å². The summed E-state index contributed by atoms with van der Waals surface area (Å²) in [7, 11) is 0. The molecule has 14 heavy (non-hydrogen) atoms. The average molecular weight is 210 g/mol. The van der Waals surface area contributed by atoms with Crippen LogP contribution in [-0.4, -0.2) is 6.29 Å². The molecular formula is C12H14ClO. The molecule has 2 heteroatoms. The smallest absolute Gasteiger partial charge is 0.198 e. The van der Waals surface area contributed by atoms with Crippen molar-refractivity contribution in [3.05, 3.63) is 34.9 Å². The van der Waals surface area contributed by atoms with E-state index in [2.05, 4.69) is 13.0 Å². The first-order valence-electron chi connectivity index (χ1n) is 4.84. The van der Waals surface area contributed by atoms with Crippen molar-refractivity contribution in [2.75, 3.05) is 0 Å². The average Bonchev–Trinajstić information content (AvgIpc) is 2.18. The fraction of sp³-hybridized carbons (Fsp3) is 0.417. The fourth-order valence-electron chi connectivity index (χ4n) is 1.46. The summed E-state index contributed by atoms with van der Waals surface area (Å²) in [6.45, 7) is 2.15. The van der Waals surface area contributed by atoms with Crippen molar-refractivity contribution in [1.82, 2.24) is 0 Å². The molecule has 0 aliphatic rings. The highest BCUT2D eigenvalue weighted by molar-refractivity contribution is 6.30. The minimum atomic E-state index is 0.460. The van der Waals surface area contributed by atoms with Gasteiger partial charge in [-0.15, -0.1) is 0 Å². The van der Waals surface area contributed by atoms with Crippen LogP contribution in [0.4, 0.5) is 0 Å². The highest BCUT2D eigenvalue weighted by atomic mass is 35.5. The van der Waals surface area contributed by atoms with E-state index in [1.165, 1.54) is 5.56 Å². The van der Waals surface area contributed by atoms with Crippen molar-refractivity contribution in [2.45, 2.75) is 32.1 Å². The molecule has 0 amide bonds. The molecule has 0 spiro atoms. The molecule has 1 atom stereocenters. The molecule has 0 aliphatic carbocycles. The predicted molar refractivity (Wildman–Crippen MR) is 59.4 cm³/mol. The van der Waals surface area contributed by atoms with Crippen molar-refractivity contribution in [3.8, 4) is 0 Å². The summed E-state index contributed by atoms with van der Waals surface area (Å²) in [5.41, 5.74) is 1.24. The summed E-state index contributed by atoms with van der Waals surface area (Å²) in [6, 6.07) is 7.88. The number of halogens is 1. The van der Waals surface area contributed by atoms with E-state index in [1.807, 2.05) is 24.5 Å². The lowest BCUT2D eigenvalue weighted by Crippen LogP contribution is -1.93. The van der Waals surface area contributed by atoms with E-state index in [1.54, 1.807) is 0 Å². The molecule has 1 rings (SSSR count). The Morgan fingerprint density at radius 2 is 2.29 bits per heavy atom. The third-order valence-electron chi connectivity index (χ3n) is 2.33. The number of rotatable bonds is 5. The maximum absolute atomic E-state index is 10.0. The maximum atomic E-state index is 10.0. The maximum Gasteiger partial charge on any atom is 0.198 e. The Kier molecular flexibility index (Phi) is 4.68. The molecule has 1 radical (unpaired) electrons. The van der Waals surface area contributed by atoms with Crippen LogP contribution in [0.15, 0.2) is 24.3 Å². The van der Waals surface area contributed by atoms with Crippen molar-refractivity contribution >= 4 is 17.9 Å². The Morgan fingerprint density at radius 1 is 1.50 bits per heavy atom. The largest absolute Gasteiger partial charge is 0.291 e. The van der Waals surface area contributed by atoms with E-state index in [-0.39, 0.29) is 0 Å². The van der Waals surface area contributed by atoms with Gasteiger partial charge in [0, 0.05) is 11.4 Å². The van der Waals surface area contributed by atoms with Crippen LogP contribution in [0, 0.1) is 0 Å². The zero-order valence-corrected chi connectivity index (χ0v) is 9.05. The van der Waals surface area contributed by atoms with Crippen molar-refractivity contribution < 1.29 is 4.79 Å². The number of hydrogen-bond donors (Lipinski definition) is 0. The molecule has 1 unspecified atom stereocenters. The Balaban J connectivity index is 2.51. The van der Waals surface area contributed by atoms with E-state index in [4.69, 9.17) is 11.6 Å². The first-order chi connectivity index (χ1) is 6.74. The topological polar surface area (TPSA) is 17.1 Å². The summed E-state index contributed by atoms with van der Waals surface area (Å²) >= 11 is 5.89. The molecule has 0 aromatic heterocycles. The van der Waals surface area contributed by atoms with Crippen molar-refractivity contribution in [2.24, 2.45) is 0 Å². The van der Waals surface area contributed by atoms with Crippen LogP contribution in [-0.2, 0) is 4.79 Å². The van der Waals surface area contributed by atoms with Crippen molar-refractivity contribution in [3.63, 3.8) is 0 Å². The Bertz CT molecular complexity index is 296. The summed E-state index contributed by atoms with van der Waals surface area (Å²) in [4.78, 5) is 10.0. The molecule has 1 nitrogen and oxygen atoms in total. The van der Waals surface area contributed by atoms with Gasteiger partial charge in [-0.2, -0.15) is 0 Å². The molecule has 0 saturated heterocycles. The highest BCUT2D eigenvalue weighted by Gasteiger charge is 2.05. The monoisotopic (exact) mass is 209 g/mol. The second kappa shape index (κ2) is 5.82. The number of unbranched alkanes of at least 4 members (excludes halogenated alkanes) is 1. The minimum absolute atomic E-state index is 0.460. The molecule has 0 fully saturated rings. The van der Waals surface area contributed by atoms with Gasteiger partial charge in [-0.05, 0) is 36.5 Å². The Hall–Kier alpha value is -0.820. The van der Waals surface area contributed by atoms with Crippen LogP contribution in [0.1, 0.15) is 37.7 Å². The van der Waals surface area contributed by atoms with Crippen molar-refractivity contribution in [1.29, 1.82) is 0 Å². The van der Waals surface area contributed by atoms with Gasteiger partial charge in [0.25, 0.3) is 0 Å². The molecule has 75 valence electrons. The standard InChI is InChI=1S/C12H14ClO/c1-10(5-2-3-8-14)11-6-4-7-12(13)9-11/h4,6-7,9-10H,2-3,5H2,1H3. The number of hydrogen-bond acceptors (Lipinski definition) is 1. The fourth-order valence-corrected chi connectivity index (χ4v) is 1.66. The molecule has 1 aromatic rings. The van der Waals surface area contributed by atoms with Crippen LogP contribution in [0.5, 0.6) is 0 Å². The quantitative estimate of drug-likeness (QED) is 0.676. The molecule has 0 aliphatic heterocycles. The van der Waals surface area contributed by atoms with E-state index in [0.29, 0.717) is 12.3 Å². The van der Waals surface area contributed by atoms with E-state index < -0.39 is 0 Å². The van der Waals surface area contributed by atoms with Gasteiger partial charge >= 0.3 is 0 Å².